The van der Waals surface area contributed by atoms with Gasteiger partial charge in [-0.3, -0.25) is 0 Å². The van der Waals surface area contributed by atoms with Crippen LogP contribution in [0.25, 0.3) is 10.8 Å². The van der Waals surface area contributed by atoms with Gasteiger partial charge in [0.1, 0.15) is 11.6 Å². The molecular weight excluding hydrogens is 324 g/mol. The lowest BCUT2D eigenvalue weighted by atomic mass is 10.1. The van der Waals surface area contributed by atoms with Gasteiger partial charge in [0.15, 0.2) is 0 Å². The second kappa shape index (κ2) is 7.62. The van der Waals surface area contributed by atoms with Gasteiger partial charge >= 0.3 is 0 Å². The summed E-state index contributed by atoms with van der Waals surface area (Å²) < 4.78 is 5.26. The van der Waals surface area contributed by atoms with Crippen molar-refractivity contribution in [3.05, 3.63) is 59.8 Å². The minimum atomic E-state index is 0.208. The van der Waals surface area contributed by atoms with Crippen molar-refractivity contribution in [2.75, 3.05) is 38.8 Å². The Morgan fingerprint density at radius 3 is 2.50 bits per heavy atom. The number of hydrogen-bond acceptors (Lipinski definition) is 5. The number of nitrogens with two attached hydrogens (primary N) is 1. The quantitative estimate of drug-likeness (QED) is 0.661. The number of nitrogen functional groups attached to an aromatic ring is 1. The van der Waals surface area contributed by atoms with E-state index in [1.807, 2.05) is 37.3 Å². The van der Waals surface area contributed by atoms with Gasteiger partial charge in [-0.1, -0.05) is 24.3 Å². The number of nitrogens with zero attached hydrogens (tertiary/aromatic N) is 2. The minimum Gasteiger partial charge on any atom is -0.497 e. The lowest BCUT2D eigenvalue weighted by molar-refractivity contribution is 0.311. The Kier molecular flexibility index (Phi) is 5.28. The van der Waals surface area contributed by atoms with Crippen molar-refractivity contribution < 1.29 is 4.74 Å². The molecule has 1 aromatic heterocycles. The van der Waals surface area contributed by atoms with Gasteiger partial charge < -0.3 is 20.7 Å². The van der Waals surface area contributed by atoms with Crippen molar-refractivity contribution in [2.45, 2.75) is 13.0 Å². The van der Waals surface area contributed by atoms with Crippen LogP contribution in [0.3, 0.4) is 0 Å². The zero-order chi connectivity index (χ0) is 18.7. The van der Waals surface area contributed by atoms with Crippen LogP contribution in [-0.2, 0) is 0 Å². The van der Waals surface area contributed by atoms with Crippen LogP contribution in [0.5, 0.6) is 5.75 Å². The predicted molar refractivity (Wildman–Crippen MR) is 109 cm³/mol. The lowest BCUT2D eigenvalue weighted by Crippen LogP contribution is -2.27. The van der Waals surface area contributed by atoms with E-state index in [0.29, 0.717) is 0 Å². The number of aryl methyl sites for hydroxylation is 1. The Hall–Kier alpha value is -2.79. The number of fused-ring (bicyclic) bond motifs is 1. The molecule has 136 valence electrons. The number of aromatic nitrogens is 1. The summed E-state index contributed by atoms with van der Waals surface area (Å²) in [6.45, 7) is 2.73. The Balaban J connectivity index is 1.88. The molecule has 0 aliphatic rings. The molecule has 5 heteroatoms. The second-order valence-electron chi connectivity index (χ2n) is 6.69. The summed E-state index contributed by atoms with van der Waals surface area (Å²) in [5.74, 6) is 1.73. The molecule has 0 saturated carbocycles. The molecule has 3 aromatic rings. The summed E-state index contributed by atoms with van der Waals surface area (Å²) in [6.07, 6.45) is 0. The number of benzene rings is 2. The number of likely N-dealkylation sites (N-methyl/N-ethyl adjacent to an activating group) is 1. The average molecular weight is 350 g/mol. The molecule has 3 N–H and O–H groups in total. The van der Waals surface area contributed by atoms with E-state index in [1.54, 1.807) is 7.11 Å². The molecule has 1 atom stereocenters. The maximum Gasteiger partial charge on any atom is 0.134 e. The van der Waals surface area contributed by atoms with Crippen molar-refractivity contribution in [1.82, 2.24) is 9.88 Å². The van der Waals surface area contributed by atoms with E-state index >= 15 is 0 Å². The maximum absolute atomic E-state index is 6.14. The van der Waals surface area contributed by atoms with Gasteiger partial charge in [0, 0.05) is 28.7 Å². The number of rotatable bonds is 6. The first-order valence-corrected chi connectivity index (χ1v) is 8.69. The monoisotopic (exact) mass is 350 g/mol. The molecule has 0 spiro atoms. The van der Waals surface area contributed by atoms with E-state index in [1.165, 1.54) is 5.56 Å². The zero-order valence-corrected chi connectivity index (χ0v) is 15.8. The van der Waals surface area contributed by atoms with E-state index < -0.39 is 0 Å². The molecule has 3 rings (SSSR count). The highest BCUT2D eigenvalue weighted by Gasteiger charge is 2.15. The van der Waals surface area contributed by atoms with Crippen molar-refractivity contribution in [1.29, 1.82) is 0 Å². The van der Waals surface area contributed by atoms with Crippen LogP contribution >= 0.6 is 0 Å². The molecule has 26 heavy (non-hydrogen) atoms. The molecular formula is C21H26N4O. The SMILES string of the molecule is COc1ccc(C(CNc2nc(C)cc3c(N)cccc23)N(C)C)cc1. The summed E-state index contributed by atoms with van der Waals surface area (Å²) in [7, 11) is 5.84. The Labute approximate surface area is 154 Å². The predicted octanol–water partition coefficient (Wildman–Crippen LogP) is 3.85. The molecule has 2 aromatic carbocycles. The van der Waals surface area contributed by atoms with E-state index in [4.69, 9.17) is 10.5 Å². The van der Waals surface area contributed by atoms with Crippen molar-refractivity contribution in [3.8, 4) is 5.75 Å². The number of pyridine rings is 1. The van der Waals surface area contributed by atoms with Gasteiger partial charge in [-0.05, 0) is 50.8 Å². The first-order valence-electron chi connectivity index (χ1n) is 8.69. The third kappa shape index (κ3) is 3.73. The first-order chi connectivity index (χ1) is 12.5. The zero-order valence-electron chi connectivity index (χ0n) is 15.8. The standard InChI is InChI=1S/C21H26N4O/c1-14-12-18-17(6-5-7-19(18)22)21(24-14)23-13-20(25(2)3)15-8-10-16(26-4)11-9-15/h5-12,20H,13,22H2,1-4H3,(H,23,24). The Bertz CT molecular complexity index is 890. The summed E-state index contributed by atoms with van der Waals surface area (Å²) in [5.41, 5.74) is 9.08. The smallest absolute Gasteiger partial charge is 0.134 e. The van der Waals surface area contributed by atoms with Crippen LogP contribution < -0.4 is 15.8 Å². The fourth-order valence-electron chi connectivity index (χ4n) is 3.18. The lowest BCUT2D eigenvalue weighted by Gasteiger charge is -2.26. The van der Waals surface area contributed by atoms with Gasteiger partial charge in [0.05, 0.1) is 13.2 Å². The highest BCUT2D eigenvalue weighted by atomic mass is 16.5. The number of hydrogen-bond donors (Lipinski definition) is 2. The molecule has 0 saturated heterocycles. The largest absolute Gasteiger partial charge is 0.497 e. The molecule has 0 fully saturated rings. The second-order valence-corrected chi connectivity index (χ2v) is 6.69. The van der Waals surface area contributed by atoms with Crippen LogP contribution in [0.1, 0.15) is 17.3 Å². The van der Waals surface area contributed by atoms with Gasteiger partial charge in [-0.15, -0.1) is 0 Å². The highest BCUT2D eigenvalue weighted by molar-refractivity contribution is 5.99. The molecule has 0 aliphatic heterocycles. The fourth-order valence-corrected chi connectivity index (χ4v) is 3.18. The molecule has 5 nitrogen and oxygen atoms in total. The van der Waals surface area contributed by atoms with Crippen LogP contribution in [0.2, 0.25) is 0 Å². The van der Waals surface area contributed by atoms with Gasteiger partial charge in [0.2, 0.25) is 0 Å². The van der Waals surface area contributed by atoms with E-state index in [2.05, 4.69) is 47.5 Å². The van der Waals surface area contributed by atoms with E-state index in [0.717, 1.165) is 40.3 Å². The van der Waals surface area contributed by atoms with Crippen LogP contribution in [0.15, 0.2) is 48.5 Å². The number of methoxy groups -OCH3 is 1. The summed E-state index contributed by atoms with van der Waals surface area (Å²) in [4.78, 5) is 6.89. The van der Waals surface area contributed by atoms with Crippen molar-refractivity contribution in [3.63, 3.8) is 0 Å². The molecule has 1 heterocycles. The van der Waals surface area contributed by atoms with Gasteiger partial charge in [-0.25, -0.2) is 4.98 Å². The third-order valence-corrected chi connectivity index (χ3v) is 4.62. The molecule has 0 bridgehead atoms. The topological polar surface area (TPSA) is 63.4 Å². The summed E-state index contributed by atoms with van der Waals surface area (Å²) >= 11 is 0. The first kappa shape index (κ1) is 18.0. The minimum absolute atomic E-state index is 0.208. The maximum atomic E-state index is 6.14. The molecule has 1 unspecified atom stereocenters. The normalized spacial score (nSPS) is 12.3. The number of nitrogens with one attached hydrogen (secondary N) is 1. The van der Waals surface area contributed by atoms with Crippen molar-refractivity contribution in [2.24, 2.45) is 0 Å². The van der Waals surface area contributed by atoms with Crippen molar-refractivity contribution >= 4 is 22.3 Å². The fraction of sp³-hybridized carbons (Fsp3) is 0.286. The summed E-state index contributed by atoms with van der Waals surface area (Å²) in [5, 5.41) is 5.60. The number of ether oxygens (including phenoxy) is 1. The molecule has 0 amide bonds. The molecule has 0 radical (unpaired) electrons. The summed E-state index contributed by atoms with van der Waals surface area (Å²) in [6, 6.07) is 16.4. The van der Waals surface area contributed by atoms with E-state index in [9.17, 15) is 0 Å². The third-order valence-electron chi connectivity index (χ3n) is 4.62. The van der Waals surface area contributed by atoms with Crippen LogP contribution in [-0.4, -0.2) is 37.6 Å². The Morgan fingerprint density at radius 2 is 1.85 bits per heavy atom. The Morgan fingerprint density at radius 1 is 1.12 bits per heavy atom. The van der Waals surface area contributed by atoms with Gasteiger partial charge in [0.25, 0.3) is 0 Å². The number of anilines is 2. The van der Waals surface area contributed by atoms with Crippen LogP contribution in [0.4, 0.5) is 11.5 Å². The van der Waals surface area contributed by atoms with E-state index in [-0.39, 0.29) is 6.04 Å². The average Bonchev–Trinajstić information content (AvgIpc) is 2.63. The highest BCUT2D eigenvalue weighted by Crippen LogP contribution is 2.28. The van der Waals surface area contributed by atoms with Crippen LogP contribution in [0, 0.1) is 6.92 Å². The van der Waals surface area contributed by atoms with Gasteiger partial charge in [-0.2, -0.15) is 0 Å². The molecule has 0 aliphatic carbocycles.